The molecule has 0 bridgehead atoms. The molecule has 0 spiro atoms. The van der Waals surface area contributed by atoms with E-state index in [1.807, 2.05) is 12.1 Å². The van der Waals surface area contributed by atoms with Crippen LogP contribution in [-0.4, -0.2) is 42.5 Å². The predicted octanol–water partition coefficient (Wildman–Crippen LogP) is 2.63. The van der Waals surface area contributed by atoms with E-state index in [-0.39, 0.29) is 10.6 Å². The monoisotopic (exact) mass is 327 g/mol. The molecule has 1 aliphatic rings. The van der Waals surface area contributed by atoms with Gasteiger partial charge in [-0.15, -0.1) is 0 Å². The Balaban J connectivity index is 2.24. The Hall–Kier alpha value is -1.14. The third-order valence-electron chi connectivity index (χ3n) is 3.73. The summed E-state index contributed by atoms with van der Waals surface area (Å²) in [6, 6.07) is 5.87. The van der Waals surface area contributed by atoms with E-state index in [2.05, 4.69) is 39.7 Å². The first-order valence-corrected chi connectivity index (χ1v) is 7.43. The molecular formula is C13H18BrN3O2. The summed E-state index contributed by atoms with van der Waals surface area (Å²) in [5.41, 5.74) is 1.98. The third-order valence-corrected chi connectivity index (χ3v) is 4.33. The zero-order valence-corrected chi connectivity index (χ0v) is 12.8. The van der Waals surface area contributed by atoms with Gasteiger partial charge in [0.2, 0.25) is 0 Å². The van der Waals surface area contributed by atoms with Crippen molar-refractivity contribution in [2.45, 2.75) is 18.3 Å². The van der Waals surface area contributed by atoms with Gasteiger partial charge in [-0.25, -0.2) is 0 Å². The Morgan fingerprint density at radius 3 is 2.79 bits per heavy atom. The van der Waals surface area contributed by atoms with Gasteiger partial charge in [0.1, 0.15) is 0 Å². The SMILES string of the molecule is CC1CN(c2ccc([N+](=O)[O-])c(CBr)c2)CCN1C. The number of halogens is 1. The van der Waals surface area contributed by atoms with Gasteiger partial charge >= 0.3 is 0 Å². The van der Waals surface area contributed by atoms with Gasteiger partial charge in [0.05, 0.1) is 4.92 Å². The maximum Gasteiger partial charge on any atom is 0.273 e. The number of hydrogen-bond acceptors (Lipinski definition) is 4. The maximum absolute atomic E-state index is 10.9. The predicted molar refractivity (Wildman–Crippen MR) is 80.0 cm³/mol. The van der Waals surface area contributed by atoms with Gasteiger partial charge in [0, 0.05) is 48.3 Å². The molecule has 0 aromatic heterocycles. The van der Waals surface area contributed by atoms with Crippen LogP contribution in [0.5, 0.6) is 0 Å². The summed E-state index contributed by atoms with van der Waals surface area (Å²) in [6.45, 7) is 5.13. The number of piperazine rings is 1. The third kappa shape index (κ3) is 3.06. The minimum atomic E-state index is -0.326. The summed E-state index contributed by atoms with van der Waals surface area (Å²) in [4.78, 5) is 15.2. The lowest BCUT2D eigenvalue weighted by molar-refractivity contribution is -0.385. The molecule has 1 atom stereocenters. The molecule has 0 amide bonds. The summed E-state index contributed by atoms with van der Waals surface area (Å²) in [6.07, 6.45) is 0. The number of rotatable bonds is 3. The quantitative estimate of drug-likeness (QED) is 0.486. The molecular weight excluding hydrogens is 310 g/mol. The molecule has 1 aromatic rings. The normalized spacial score (nSPS) is 20.6. The molecule has 0 radical (unpaired) electrons. The van der Waals surface area contributed by atoms with Crippen molar-refractivity contribution < 1.29 is 4.92 Å². The average molecular weight is 328 g/mol. The highest BCUT2D eigenvalue weighted by Gasteiger charge is 2.22. The van der Waals surface area contributed by atoms with Crippen molar-refractivity contribution in [3.05, 3.63) is 33.9 Å². The van der Waals surface area contributed by atoms with E-state index in [1.165, 1.54) is 0 Å². The lowest BCUT2D eigenvalue weighted by atomic mass is 10.1. The Bertz CT molecular complexity index is 481. The Morgan fingerprint density at radius 2 is 2.21 bits per heavy atom. The highest BCUT2D eigenvalue weighted by atomic mass is 79.9. The van der Waals surface area contributed by atoms with Crippen LogP contribution in [0.25, 0.3) is 0 Å². The van der Waals surface area contributed by atoms with Crippen molar-refractivity contribution in [1.29, 1.82) is 0 Å². The van der Waals surface area contributed by atoms with Crippen LogP contribution in [0.4, 0.5) is 11.4 Å². The molecule has 19 heavy (non-hydrogen) atoms. The summed E-state index contributed by atoms with van der Waals surface area (Å²) >= 11 is 3.33. The van der Waals surface area contributed by atoms with E-state index in [4.69, 9.17) is 0 Å². The molecule has 2 rings (SSSR count). The maximum atomic E-state index is 10.9. The highest BCUT2D eigenvalue weighted by Crippen LogP contribution is 2.28. The van der Waals surface area contributed by atoms with Gasteiger partial charge in [-0.2, -0.15) is 0 Å². The van der Waals surface area contributed by atoms with Gasteiger partial charge in [0.15, 0.2) is 0 Å². The van der Waals surface area contributed by atoms with Crippen molar-refractivity contribution in [2.75, 3.05) is 31.6 Å². The standard InChI is InChI=1S/C13H18BrN3O2/c1-10-9-16(6-5-15(10)2)12-3-4-13(17(18)19)11(7-12)8-14/h3-4,7,10H,5-6,8-9H2,1-2H3. The van der Waals surface area contributed by atoms with E-state index in [0.29, 0.717) is 11.4 Å². The molecule has 0 aliphatic carbocycles. The van der Waals surface area contributed by atoms with Crippen LogP contribution in [0.3, 0.4) is 0 Å². The van der Waals surface area contributed by atoms with Crippen LogP contribution in [0.2, 0.25) is 0 Å². The first kappa shape index (κ1) is 14.3. The lowest BCUT2D eigenvalue weighted by Gasteiger charge is -2.39. The molecule has 1 fully saturated rings. The topological polar surface area (TPSA) is 49.6 Å². The number of alkyl halides is 1. The minimum absolute atomic E-state index is 0.183. The zero-order chi connectivity index (χ0) is 14.0. The number of nitro benzene ring substituents is 1. The molecule has 6 heteroatoms. The summed E-state index contributed by atoms with van der Waals surface area (Å²) < 4.78 is 0. The lowest BCUT2D eigenvalue weighted by Crippen LogP contribution is -2.50. The van der Waals surface area contributed by atoms with E-state index in [1.54, 1.807) is 6.07 Å². The number of hydrogen-bond donors (Lipinski definition) is 0. The van der Waals surface area contributed by atoms with Gasteiger partial charge in [-0.3, -0.25) is 10.1 Å². The Kier molecular flexibility index (Phi) is 4.42. The van der Waals surface area contributed by atoms with E-state index in [9.17, 15) is 10.1 Å². The van der Waals surface area contributed by atoms with Gasteiger partial charge in [0.25, 0.3) is 5.69 Å². The van der Waals surface area contributed by atoms with Crippen LogP contribution < -0.4 is 4.90 Å². The number of nitro groups is 1. The molecule has 0 N–H and O–H groups in total. The first-order valence-electron chi connectivity index (χ1n) is 6.31. The molecule has 104 valence electrons. The van der Waals surface area contributed by atoms with Crippen molar-refractivity contribution >= 4 is 27.3 Å². The van der Waals surface area contributed by atoms with Gasteiger partial charge < -0.3 is 9.80 Å². The average Bonchev–Trinajstić information content (AvgIpc) is 2.41. The largest absolute Gasteiger partial charge is 0.369 e. The van der Waals surface area contributed by atoms with Crippen LogP contribution in [0, 0.1) is 10.1 Å². The molecule has 0 saturated carbocycles. The molecule has 1 unspecified atom stereocenters. The van der Waals surface area contributed by atoms with Crippen LogP contribution in [0.1, 0.15) is 12.5 Å². The Morgan fingerprint density at radius 1 is 1.47 bits per heavy atom. The van der Waals surface area contributed by atoms with Gasteiger partial charge in [-0.1, -0.05) is 15.9 Å². The minimum Gasteiger partial charge on any atom is -0.369 e. The van der Waals surface area contributed by atoms with Crippen molar-refractivity contribution in [2.24, 2.45) is 0 Å². The van der Waals surface area contributed by atoms with Crippen molar-refractivity contribution in [3.8, 4) is 0 Å². The second-order valence-electron chi connectivity index (χ2n) is 4.98. The Labute approximate surface area is 121 Å². The molecule has 1 saturated heterocycles. The van der Waals surface area contributed by atoms with Crippen molar-refractivity contribution in [3.63, 3.8) is 0 Å². The van der Waals surface area contributed by atoms with Crippen LogP contribution in [-0.2, 0) is 5.33 Å². The molecule has 1 aromatic carbocycles. The van der Waals surface area contributed by atoms with Crippen LogP contribution >= 0.6 is 15.9 Å². The first-order chi connectivity index (χ1) is 9.02. The van der Waals surface area contributed by atoms with Crippen LogP contribution in [0.15, 0.2) is 18.2 Å². The number of anilines is 1. The summed E-state index contributed by atoms with van der Waals surface area (Å²) in [5.74, 6) is 0. The molecule has 1 heterocycles. The number of likely N-dealkylation sites (N-methyl/N-ethyl adjacent to an activating group) is 1. The zero-order valence-electron chi connectivity index (χ0n) is 11.2. The van der Waals surface area contributed by atoms with Crippen molar-refractivity contribution in [1.82, 2.24) is 4.90 Å². The van der Waals surface area contributed by atoms with E-state index >= 15 is 0 Å². The fourth-order valence-corrected chi connectivity index (χ4v) is 2.79. The summed E-state index contributed by atoms with van der Waals surface area (Å²) in [5, 5.41) is 11.4. The second kappa shape index (κ2) is 5.88. The van der Waals surface area contributed by atoms with E-state index < -0.39 is 0 Å². The number of benzene rings is 1. The highest BCUT2D eigenvalue weighted by molar-refractivity contribution is 9.08. The molecule has 1 aliphatic heterocycles. The second-order valence-corrected chi connectivity index (χ2v) is 5.54. The van der Waals surface area contributed by atoms with Gasteiger partial charge in [-0.05, 0) is 26.1 Å². The fourth-order valence-electron chi connectivity index (χ4n) is 2.34. The number of nitrogens with zero attached hydrogens (tertiary/aromatic N) is 3. The smallest absolute Gasteiger partial charge is 0.273 e. The summed E-state index contributed by atoms with van der Waals surface area (Å²) in [7, 11) is 2.13. The fraction of sp³-hybridized carbons (Fsp3) is 0.538. The molecule has 5 nitrogen and oxygen atoms in total. The van der Waals surface area contributed by atoms with E-state index in [0.717, 1.165) is 30.9 Å².